The van der Waals surface area contributed by atoms with Crippen molar-refractivity contribution in [3.63, 3.8) is 0 Å². The molecule has 1 aliphatic rings. The third-order valence-corrected chi connectivity index (χ3v) is 4.60. The number of carbonyl (C=O) groups is 1. The van der Waals surface area contributed by atoms with E-state index in [0.717, 1.165) is 19.0 Å². The second-order valence-electron chi connectivity index (χ2n) is 6.95. The molecular weight excluding hydrogens is 417 g/mol. The summed E-state index contributed by atoms with van der Waals surface area (Å²) in [6.07, 6.45) is 2.53. The van der Waals surface area contributed by atoms with Crippen LogP contribution in [-0.2, 0) is 4.79 Å². The maximum Gasteiger partial charge on any atom is 0.227 e. The van der Waals surface area contributed by atoms with Crippen LogP contribution in [0.4, 0.5) is 0 Å². The average Bonchev–Trinajstić information content (AvgIpc) is 2.95. The molecule has 1 aliphatic heterocycles. The minimum Gasteiger partial charge on any atom is -0.356 e. The van der Waals surface area contributed by atoms with Crippen molar-refractivity contribution in [2.24, 2.45) is 10.4 Å². The van der Waals surface area contributed by atoms with Gasteiger partial charge in [0.15, 0.2) is 5.96 Å². The summed E-state index contributed by atoms with van der Waals surface area (Å²) in [5.41, 5.74) is -0.463. The fourth-order valence-electron chi connectivity index (χ4n) is 3.09. The molecule has 0 saturated carbocycles. The molecular formula is C17H36IN5O. The standard InChI is InChI=1S/C17H35N5O.HI/c1-7-19-15(23)17(3,4)13-20-16(18-5)21(6)12-14-10-9-11-22(14)8-2;/h14H,7-13H2,1-6H3,(H,18,20)(H,19,23);1H. The second-order valence-corrected chi connectivity index (χ2v) is 6.95. The highest BCUT2D eigenvalue weighted by atomic mass is 127. The van der Waals surface area contributed by atoms with E-state index in [2.05, 4.69) is 39.4 Å². The Morgan fingerprint density at radius 3 is 2.54 bits per heavy atom. The number of hydrogen-bond donors (Lipinski definition) is 2. The number of hydrogen-bond acceptors (Lipinski definition) is 3. The van der Waals surface area contributed by atoms with Crippen LogP contribution in [-0.4, -0.2) is 74.5 Å². The number of guanidine groups is 1. The number of amides is 1. The zero-order valence-corrected chi connectivity index (χ0v) is 18.5. The Morgan fingerprint density at radius 2 is 2.00 bits per heavy atom. The van der Waals surface area contributed by atoms with Gasteiger partial charge in [0.25, 0.3) is 0 Å². The quantitative estimate of drug-likeness (QED) is 0.351. The Morgan fingerprint density at radius 1 is 1.33 bits per heavy atom. The van der Waals surface area contributed by atoms with E-state index in [9.17, 15) is 4.79 Å². The molecule has 2 N–H and O–H groups in total. The molecule has 0 bridgehead atoms. The van der Waals surface area contributed by atoms with Crippen molar-refractivity contribution >= 4 is 35.8 Å². The predicted octanol–water partition coefficient (Wildman–Crippen LogP) is 1.76. The summed E-state index contributed by atoms with van der Waals surface area (Å²) in [6, 6.07) is 0.597. The number of likely N-dealkylation sites (N-methyl/N-ethyl adjacent to an activating group) is 2. The summed E-state index contributed by atoms with van der Waals surface area (Å²) in [5.74, 6) is 0.920. The van der Waals surface area contributed by atoms with E-state index in [1.165, 1.54) is 19.4 Å². The predicted molar refractivity (Wildman–Crippen MR) is 112 cm³/mol. The topological polar surface area (TPSA) is 60.0 Å². The summed E-state index contributed by atoms with van der Waals surface area (Å²) >= 11 is 0. The molecule has 1 rings (SSSR count). The van der Waals surface area contributed by atoms with E-state index >= 15 is 0 Å². The van der Waals surface area contributed by atoms with Crippen LogP contribution in [0.3, 0.4) is 0 Å². The molecule has 1 saturated heterocycles. The zero-order chi connectivity index (χ0) is 17.5. The molecule has 6 nitrogen and oxygen atoms in total. The van der Waals surface area contributed by atoms with Crippen molar-refractivity contribution in [1.82, 2.24) is 20.4 Å². The molecule has 0 radical (unpaired) electrons. The first-order valence-electron chi connectivity index (χ1n) is 8.79. The Kier molecular flexibility index (Phi) is 10.9. The van der Waals surface area contributed by atoms with E-state index in [1.807, 2.05) is 20.8 Å². The molecule has 0 aromatic heterocycles. The van der Waals surface area contributed by atoms with Crippen molar-refractivity contribution in [2.75, 3.05) is 46.8 Å². The zero-order valence-electron chi connectivity index (χ0n) is 16.2. The average molecular weight is 453 g/mol. The highest BCUT2D eigenvalue weighted by Gasteiger charge is 2.29. The molecule has 0 spiro atoms. The Balaban J connectivity index is 0.00000529. The van der Waals surface area contributed by atoms with Crippen LogP contribution in [0.15, 0.2) is 4.99 Å². The maximum atomic E-state index is 12.1. The van der Waals surface area contributed by atoms with Gasteiger partial charge in [-0.15, -0.1) is 24.0 Å². The summed E-state index contributed by atoms with van der Waals surface area (Å²) in [6.45, 7) is 12.6. The number of rotatable bonds is 7. The minimum absolute atomic E-state index is 0. The van der Waals surface area contributed by atoms with Gasteiger partial charge in [-0.1, -0.05) is 6.92 Å². The number of nitrogens with zero attached hydrogens (tertiary/aromatic N) is 3. The molecule has 0 aliphatic carbocycles. The maximum absolute atomic E-state index is 12.1. The van der Waals surface area contributed by atoms with Gasteiger partial charge in [0.1, 0.15) is 0 Å². The molecule has 1 unspecified atom stereocenters. The monoisotopic (exact) mass is 453 g/mol. The highest BCUT2D eigenvalue weighted by Crippen LogP contribution is 2.17. The normalized spacial score (nSPS) is 18.9. The van der Waals surface area contributed by atoms with Gasteiger partial charge in [-0.2, -0.15) is 0 Å². The lowest BCUT2D eigenvalue weighted by atomic mass is 9.92. The SMILES string of the molecule is CCNC(=O)C(C)(C)CNC(=NC)N(C)CC1CCCN1CC.I. The molecule has 142 valence electrons. The van der Waals surface area contributed by atoms with Crippen LogP contribution in [0.1, 0.15) is 40.5 Å². The van der Waals surface area contributed by atoms with Gasteiger partial charge in [0, 0.05) is 39.8 Å². The van der Waals surface area contributed by atoms with Gasteiger partial charge in [0.2, 0.25) is 5.91 Å². The Labute approximate surface area is 164 Å². The van der Waals surface area contributed by atoms with Crippen LogP contribution in [0.5, 0.6) is 0 Å². The van der Waals surface area contributed by atoms with Crippen LogP contribution < -0.4 is 10.6 Å². The molecule has 0 aromatic carbocycles. The van der Waals surface area contributed by atoms with E-state index in [4.69, 9.17) is 0 Å². The van der Waals surface area contributed by atoms with Gasteiger partial charge >= 0.3 is 0 Å². The third kappa shape index (κ3) is 6.74. The first kappa shape index (κ1) is 23.4. The number of halogens is 1. The highest BCUT2D eigenvalue weighted by molar-refractivity contribution is 14.0. The largest absolute Gasteiger partial charge is 0.356 e. The lowest BCUT2D eigenvalue weighted by molar-refractivity contribution is -0.128. The fourth-order valence-corrected chi connectivity index (χ4v) is 3.09. The fraction of sp³-hybridized carbons (Fsp3) is 0.882. The number of aliphatic imine (C=N–C) groups is 1. The van der Waals surface area contributed by atoms with Gasteiger partial charge < -0.3 is 15.5 Å². The van der Waals surface area contributed by atoms with E-state index in [-0.39, 0.29) is 29.9 Å². The summed E-state index contributed by atoms with van der Waals surface area (Å²) in [4.78, 5) is 21.2. The van der Waals surface area contributed by atoms with E-state index in [1.54, 1.807) is 7.05 Å². The molecule has 7 heteroatoms. The van der Waals surface area contributed by atoms with Crippen molar-refractivity contribution in [1.29, 1.82) is 0 Å². The van der Waals surface area contributed by atoms with Gasteiger partial charge in [-0.05, 0) is 46.7 Å². The molecule has 24 heavy (non-hydrogen) atoms. The number of carbonyl (C=O) groups excluding carboxylic acids is 1. The molecule has 0 aromatic rings. The van der Waals surface area contributed by atoms with Gasteiger partial charge in [0.05, 0.1) is 5.41 Å². The van der Waals surface area contributed by atoms with E-state index < -0.39 is 5.41 Å². The first-order valence-corrected chi connectivity index (χ1v) is 8.79. The Bertz CT molecular complexity index is 414. The van der Waals surface area contributed by atoms with Gasteiger partial charge in [-0.25, -0.2) is 0 Å². The van der Waals surface area contributed by atoms with Crippen molar-refractivity contribution < 1.29 is 4.79 Å². The smallest absolute Gasteiger partial charge is 0.227 e. The van der Waals surface area contributed by atoms with E-state index in [0.29, 0.717) is 19.1 Å². The van der Waals surface area contributed by atoms with Crippen molar-refractivity contribution in [3.8, 4) is 0 Å². The molecule has 1 amide bonds. The minimum atomic E-state index is -0.463. The van der Waals surface area contributed by atoms with Gasteiger partial charge in [-0.3, -0.25) is 14.7 Å². The third-order valence-electron chi connectivity index (χ3n) is 4.60. The van der Waals surface area contributed by atoms with Crippen molar-refractivity contribution in [3.05, 3.63) is 0 Å². The summed E-state index contributed by atoms with van der Waals surface area (Å²) < 4.78 is 0. The number of likely N-dealkylation sites (tertiary alicyclic amines) is 1. The van der Waals surface area contributed by atoms with Crippen molar-refractivity contribution in [2.45, 2.75) is 46.6 Å². The van der Waals surface area contributed by atoms with Crippen LogP contribution in [0.25, 0.3) is 0 Å². The molecule has 1 atom stereocenters. The van der Waals surface area contributed by atoms with Crippen LogP contribution in [0, 0.1) is 5.41 Å². The Hall–Kier alpha value is -0.570. The first-order chi connectivity index (χ1) is 10.9. The van der Waals surface area contributed by atoms with Crippen LogP contribution in [0.2, 0.25) is 0 Å². The second kappa shape index (κ2) is 11.1. The molecule has 1 heterocycles. The molecule has 1 fully saturated rings. The lowest BCUT2D eigenvalue weighted by Gasteiger charge is -2.31. The summed E-state index contributed by atoms with van der Waals surface area (Å²) in [5, 5.41) is 6.24. The number of nitrogens with one attached hydrogen (secondary N) is 2. The lowest BCUT2D eigenvalue weighted by Crippen LogP contribution is -2.50. The van der Waals surface area contributed by atoms with Crippen LogP contribution >= 0.6 is 24.0 Å². The summed E-state index contributed by atoms with van der Waals surface area (Å²) in [7, 11) is 3.87.